The van der Waals surface area contributed by atoms with E-state index in [2.05, 4.69) is 15.5 Å². The van der Waals surface area contributed by atoms with Crippen molar-refractivity contribution in [3.8, 4) is 11.4 Å². The van der Waals surface area contributed by atoms with Gasteiger partial charge in [-0.25, -0.2) is 4.39 Å². The predicted molar refractivity (Wildman–Crippen MR) is 120 cm³/mol. The molecule has 2 heterocycles. The van der Waals surface area contributed by atoms with Crippen LogP contribution in [0.1, 0.15) is 5.56 Å². The highest BCUT2D eigenvalue weighted by atomic mass is 19.1. The van der Waals surface area contributed by atoms with Gasteiger partial charge >= 0.3 is 0 Å². The van der Waals surface area contributed by atoms with Crippen LogP contribution in [0, 0.1) is 12.7 Å². The van der Waals surface area contributed by atoms with Crippen LogP contribution in [0.5, 0.6) is 0 Å². The van der Waals surface area contributed by atoms with Crippen LogP contribution < -0.4 is 10.9 Å². The van der Waals surface area contributed by atoms with Crippen LogP contribution in [-0.2, 0) is 11.3 Å². The Balaban J connectivity index is 1.62. The largest absolute Gasteiger partial charge is 0.325 e. The van der Waals surface area contributed by atoms with E-state index in [0.29, 0.717) is 22.5 Å². The molecule has 5 aromatic rings. The Morgan fingerprint density at radius 2 is 1.62 bits per heavy atom. The Kier molecular flexibility index (Phi) is 4.74. The Morgan fingerprint density at radius 1 is 0.938 bits per heavy atom. The number of carbonyl (C=O) groups is 1. The van der Waals surface area contributed by atoms with Gasteiger partial charge < -0.3 is 5.32 Å². The maximum absolute atomic E-state index is 13.3. The molecule has 0 aliphatic heterocycles. The van der Waals surface area contributed by atoms with Crippen molar-refractivity contribution in [3.05, 3.63) is 94.5 Å². The fourth-order valence-corrected chi connectivity index (χ4v) is 3.69. The molecule has 0 aliphatic rings. The van der Waals surface area contributed by atoms with Crippen LogP contribution in [0.25, 0.3) is 28.1 Å². The summed E-state index contributed by atoms with van der Waals surface area (Å²) in [4.78, 5) is 25.9. The maximum Gasteiger partial charge on any atom is 0.297 e. The van der Waals surface area contributed by atoms with Gasteiger partial charge in [0.05, 0.1) is 11.0 Å². The highest BCUT2D eigenvalue weighted by molar-refractivity contribution is 5.92. The molecular formula is C24H18FN5O2. The fraction of sp³-hybridized carbons (Fsp3) is 0.0833. The fourth-order valence-electron chi connectivity index (χ4n) is 3.69. The summed E-state index contributed by atoms with van der Waals surface area (Å²) in [6, 6.07) is 20.5. The van der Waals surface area contributed by atoms with Gasteiger partial charge in [-0.15, -0.1) is 10.2 Å². The number of anilines is 1. The van der Waals surface area contributed by atoms with E-state index in [1.54, 1.807) is 16.5 Å². The van der Waals surface area contributed by atoms with Crippen molar-refractivity contribution in [2.75, 3.05) is 5.32 Å². The summed E-state index contributed by atoms with van der Waals surface area (Å²) >= 11 is 0. The van der Waals surface area contributed by atoms with Gasteiger partial charge in [-0.2, -0.15) is 0 Å². The number of fused-ring (bicyclic) bond motifs is 3. The van der Waals surface area contributed by atoms with Crippen LogP contribution in [-0.4, -0.2) is 25.1 Å². The van der Waals surface area contributed by atoms with Gasteiger partial charge in [-0.3, -0.25) is 18.6 Å². The van der Waals surface area contributed by atoms with E-state index in [1.165, 1.54) is 28.8 Å². The van der Waals surface area contributed by atoms with E-state index in [4.69, 9.17) is 0 Å². The first-order chi connectivity index (χ1) is 15.5. The molecule has 32 heavy (non-hydrogen) atoms. The average Bonchev–Trinajstić information content (AvgIpc) is 3.24. The zero-order valence-electron chi connectivity index (χ0n) is 17.1. The SMILES string of the molecule is Cc1ccc(-c2nnc3c(=O)n(CC(=O)Nc4ccc(F)cc4)c4ccccc4n23)cc1. The molecule has 0 radical (unpaired) electrons. The Bertz CT molecular complexity index is 1520. The maximum atomic E-state index is 13.3. The van der Waals surface area contributed by atoms with Crippen LogP contribution in [0.3, 0.4) is 0 Å². The molecule has 0 unspecified atom stereocenters. The van der Waals surface area contributed by atoms with E-state index >= 15 is 0 Å². The molecule has 7 nitrogen and oxygen atoms in total. The lowest BCUT2D eigenvalue weighted by atomic mass is 10.1. The van der Waals surface area contributed by atoms with Gasteiger partial charge in [-0.1, -0.05) is 42.0 Å². The lowest BCUT2D eigenvalue weighted by Crippen LogP contribution is -2.29. The van der Waals surface area contributed by atoms with Gasteiger partial charge in [0.2, 0.25) is 11.6 Å². The highest BCUT2D eigenvalue weighted by Crippen LogP contribution is 2.23. The predicted octanol–water partition coefficient (Wildman–Crippen LogP) is 3.80. The monoisotopic (exact) mass is 427 g/mol. The first-order valence-corrected chi connectivity index (χ1v) is 10.0. The number of hydrogen-bond donors (Lipinski definition) is 1. The number of carbonyl (C=O) groups excluding carboxylic acids is 1. The van der Waals surface area contributed by atoms with Gasteiger partial charge in [0.1, 0.15) is 12.4 Å². The van der Waals surface area contributed by atoms with Crippen molar-refractivity contribution in [2.45, 2.75) is 13.5 Å². The molecule has 3 aromatic carbocycles. The number of amides is 1. The molecule has 1 amide bonds. The van der Waals surface area contributed by atoms with E-state index in [9.17, 15) is 14.0 Å². The minimum Gasteiger partial charge on any atom is -0.325 e. The number of hydrogen-bond acceptors (Lipinski definition) is 4. The smallest absolute Gasteiger partial charge is 0.297 e. The summed E-state index contributed by atoms with van der Waals surface area (Å²) in [7, 11) is 0. The number of aromatic nitrogens is 4. The first kappa shape index (κ1) is 19.6. The quantitative estimate of drug-likeness (QED) is 0.473. The van der Waals surface area contributed by atoms with Gasteiger partial charge in [0.25, 0.3) is 5.56 Å². The van der Waals surface area contributed by atoms with E-state index in [1.807, 2.05) is 43.3 Å². The zero-order chi connectivity index (χ0) is 22.2. The van der Waals surface area contributed by atoms with Crippen molar-refractivity contribution in [1.29, 1.82) is 0 Å². The summed E-state index contributed by atoms with van der Waals surface area (Å²) in [6.45, 7) is 1.77. The number of para-hydroxylation sites is 2. The summed E-state index contributed by atoms with van der Waals surface area (Å²) in [5, 5.41) is 11.1. The molecular weight excluding hydrogens is 409 g/mol. The van der Waals surface area contributed by atoms with E-state index in [-0.39, 0.29) is 12.2 Å². The topological polar surface area (TPSA) is 81.3 Å². The van der Waals surface area contributed by atoms with E-state index < -0.39 is 17.3 Å². The van der Waals surface area contributed by atoms with Gasteiger partial charge in [-0.05, 0) is 43.3 Å². The minimum atomic E-state index is -0.427. The molecule has 158 valence electrons. The Hall–Kier alpha value is -4.33. The number of nitrogens with one attached hydrogen (secondary N) is 1. The zero-order valence-corrected chi connectivity index (χ0v) is 17.1. The molecule has 8 heteroatoms. The van der Waals surface area contributed by atoms with Crippen LogP contribution in [0.2, 0.25) is 0 Å². The third kappa shape index (κ3) is 3.41. The van der Waals surface area contributed by atoms with Crippen molar-refractivity contribution in [1.82, 2.24) is 19.2 Å². The number of nitrogens with zero attached hydrogens (tertiary/aromatic N) is 4. The first-order valence-electron chi connectivity index (χ1n) is 10.0. The van der Waals surface area contributed by atoms with Crippen LogP contribution >= 0.6 is 0 Å². The number of benzene rings is 3. The molecule has 2 aromatic heterocycles. The molecule has 0 spiro atoms. The van der Waals surface area contributed by atoms with Crippen LogP contribution in [0.4, 0.5) is 10.1 Å². The lowest BCUT2D eigenvalue weighted by Gasteiger charge is -2.13. The standard InChI is InChI=1S/C24H18FN5O2/c1-15-6-8-16(9-7-15)22-27-28-23-24(32)29(19-4-2-3-5-20(19)30(22)23)14-21(31)26-18-12-10-17(25)11-13-18/h2-13H,14H2,1H3,(H,26,31). The second kappa shape index (κ2) is 7.73. The summed E-state index contributed by atoms with van der Waals surface area (Å²) in [5.41, 5.74) is 3.38. The number of halogens is 1. The number of rotatable bonds is 4. The third-order valence-corrected chi connectivity index (χ3v) is 5.25. The Labute approximate surface area is 181 Å². The molecule has 1 N–H and O–H groups in total. The average molecular weight is 427 g/mol. The molecule has 0 saturated carbocycles. The third-order valence-electron chi connectivity index (χ3n) is 5.25. The van der Waals surface area contributed by atoms with Crippen molar-refractivity contribution in [3.63, 3.8) is 0 Å². The van der Waals surface area contributed by atoms with Crippen molar-refractivity contribution >= 4 is 28.3 Å². The van der Waals surface area contributed by atoms with E-state index in [0.717, 1.165) is 11.1 Å². The molecule has 0 bridgehead atoms. The molecule has 0 aliphatic carbocycles. The Morgan fingerprint density at radius 3 is 2.34 bits per heavy atom. The summed E-state index contributed by atoms with van der Waals surface area (Å²) < 4.78 is 16.2. The second-order valence-corrected chi connectivity index (χ2v) is 7.48. The molecule has 0 atom stereocenters. The van der Waals surface area contributed by atoms with Crippen molar-refractivity contribution in [2.24, 2.45) is 0 Å². The minimum absolute atomic E-state index is 0.133. The molecule has 0 saturated heterocycles. The summed E-state index contributed by atoms with van der Waals surface area (Å²) in [6.07, 6.45) is 0. The van der Waals surface area contributed by atoms with Gasteiger partial charge in [0, 0.05) is 11.3 Å². The van der Waals surface area contributed by atoms with Crippen molar-refractivity contribution < 1.29 is 9.18 Å². The highest BCUT2D eigenvalue weighted by Gasteiger charge is 2.18. The normalized spacial score (nSPS) is 11.2. The lowest BCUT2D eigenvalue weighted by molar-refractivity contribution is -0.116. The molecule has 0 fully saturated rings. The number of aryl methyl sites for hydroxylation is 1. The summed E-state index contributed by atoms with van der Waals surface area (Å²) in [5.74, 6) is -0.255. The van der Waals surface area contributed by atoms with Gasteiger partial charge in [0.15, 0.2) is 5.82 Å². The second-order valence-electron chi connectivity index (χ2n) is 7.48. The van der Waals surface area contributed by atoms with Crippen LogP contribution in [0.15, 0.2) is 77.6 Å². The molecule has 5 rings (SSSR count).